The lowest BCUT2D eigenvalue weighted by Gasteiger charge is -2.26. The van der Waals surface area contributed by atoms with Crippen LogP contribution in [-0.2, 0) is 9.53 Å². The quantitative estimate of drug-likeness (QED) is 0.379. The summed E-state index contributed by atoms with van der Waals surface area (Å²) in [6.45, 7) is 3.69. The van der Waals surface area contributed by atoms with Crippen LogP contribution in [0.25, 0.3) is 6.08 Å². The maximum atomic E-state index is 13.7. The molecule has 34 heavy (non-hydrogen) atoms. The molecule has 7 nitrogen and oxygen atoms in total. The molecular formula is C23H20Br2N2O5S2. The second kappa shape index (κ2) is 10.2. The van der Waals surface area contributed by atoms with Crippen LogP contribution in [0, 0.1) is 0 Å². The minimum atomic E-state index is -0.762. The predicted molar refractivity (Wildman–Crippen MR) is 140 cm³/mol. The van der Waals surface area contributed by atoms with E-state index in [2.05, 4.69) is 36.9 Å². The number of hydrogen-bond acceptors (Lipinski definition) is 8. The average molecular weight is 628 g/mol. The molecule has 0 unspecified atom stereocenters. The van der Waals surface area contributed by atoms with Crippen molar-refractivity contribution in [3.8, 4) is 11.5 Å². The van der Waals surface area contributed by atoms with Crippen LogP contribution < -0.4 is 24.4 Å². The molecule has 1 aliphatic heterocycles. The molecule has 11 heteroatoms. The largest absolute Gasteiger partial charge is 0.493 e. The third-order valence-corrected chi connectivity index (χ3v) is 8.42. The van der Waals surface area contributed by atoms with E-state index < -0.39 is 12.0 Å². The summed E-state index contributed by atoms with van der Waals surface area (Å²) in [7, 11) is 3.08. The smallest absolute Gasteiger partial charge is 0.338 e. The molecule has 0 aliphatic carbocycles. The average Bonchev–Trinajstić information content (AvgIpc) is 3.35. The minimum absolute atomic E-state index is 0.202. The zero-order valence-corrected chi connectivity index (χ0v) is 23.5. The number of fused-ring (bicyclic) bond motifs is 1. The fourth-order valence-corrected chi connectivity index (χ4v) is 6.72. The first-order valence-corrected chi connectivity index (χ1v) is 13.4. The Morgan fingerprint density at radius 2 is 1.88 bits per heavy atom. The van der Waals surface area contributed by atoms with Crippen molar-refractivity contribution >= 4 is 66.6 Å². The van der Waals surface area contributed by atoms with E-state index >= 15 is 0 Å². The van der Waals surface area contributed by atoms with E-state index in [1.54, 1.807) is 37.7 Å². The topological polar surface area (TPSA) is 79.1 Å². The van der Waals surface area contributed by atoms with Gasteiger partial charge in [-0.2, -0.15) is 0 Å². The van der Waals surface area contributed by atoms with Gasteiger partial charge in [0.05, 0.1) is 46.5 Å². The molecule has 1 atom stereocenters. The van der Waals surface area contributed by atoms with Crippen LogP contribution in [0.15, 0.2) is 53.6 Å². The van der Waals surface area contributed by atoms with Crippen molar-refractivity contribution in [2.45, 2.75) is 19.9 Å². The molecule has 3 heterocycles. The summed E-state index contributed by atoms with van der Waals surface area (Å²) in [5.74, 6) is 0.475. The van der Waals surface area contributed by atoms with Crippen LogP contribution in [0.2, 0.25) is 0 Å². The normalized spacial score (nSPS) is 15.7. The number of methoxy groups -OCH3 is 2. The maximum absolute atomic E-state index is 13.7. The van der Waals surface area contributed by atoms with Gasteiger partial charge in [0.25, 0.3) is 5.56 Å². The Morgan fingerprint density at radius 3 is 2.50 bits per heavy atom. The van der Waals surface area contributed by atoms with Gasteiger partial charge in [0.2, 0.25) is 0 Å². The number of thiazole rings is 1. The molecule has 4 rings (SSSR count). The van der Waals surface area contributed by atoms with Crippen LogP contribution in [0.3, 0.4) is 0 Å². The van der Waals surface area contributed by atoms with Crippen molar-refractivity contribution in [1.82, 2.24) is 4.57 Å². The van der Waals surface area contributed by atoms with Crippen LogP contribution in [0.5, 0.6) is 11.5 Å². The highest BCUT2D eigenvalue weighted by Crippen LogP contribution is 2.40. The number of rotatable bonds is 6. The fourth-order valence-electron chi connectivity index (χ4n) is 3.70. The molecule has 0 spiro atoms. The molecule has 0 N–H and O–H groups in total. The van der Waals surface area contributed by atoms with Crippen molar-refractivity contribution in [3.05, 3.63) is 73.9 Å². The van der Waals surface area contributed by atoms with Crippen molar-refractivity contribution in [2.24, 2.45) is 4.99 Å². The van der Waals surface area contributed by atoms with Crippen molar-refractivity contribution < 1.29 is 19.0 Å². The monoisotopic (exact) mass is 626 g/mol. The van der Waals surface area contributed by atoms with Gasteiger partial charge in [-0.25, -0.2) is 9.79 Å². The summed E-state index contributed by atoms with van der Waals surface area (Å²) in [5, 5.41) is 0. The van der Waals surface area contributed by atoms with E-state index in [0.29, 0.717) is 42.1 Å². The molecule has 0 bridgehead atoms. The van der Waals surface area contributed by atoms with Gasteiger partial charge in [-0.3, -0.25) is 9.36 Å². The Bertz CT molecular complexity index is 1490. The van der Waals surface area contributed by atoms with Crippen LogP contribution in [0.1, 0.15) is 30.3 Å². The van der Waals surface area contributed by atoms with Crippen molar-refractivity contribution in [2.75, 3.05) is 20.8 Å². The molecule has 0 amide bonds. The molecule has 0 saturated carbocycles. The van der Waals surface area contributed by atoms with Gasteiger partial charge < -0.3 is 14.2 Å². The van der Waals surface area contributed by atoms with Crippen molar-refractivity contribution in [1.29, 1.82) is 0 Å². The van der Waals surface area contributed by atoms with Gasteiger partial charge in [-0.1, -0.05) is 27.3 Å². The van der Waals surface area contributed by atoms with E-state index in [4.69, 9.17) is 14.2 Å². The van der Waals surface area contributed by atoms with Gasteiger partial charge in [-0.05, 0) is 65.7 Å². The summed E-state index contributed by atoms with van der Waals surface area (Å²) in [6.07, 6.45) is 1.84. The second-order valence-electron chi connectivity index (χ2n) is 7.17. The summed E-state index contributed by atoms with van der Waals surface area (Å²) in [5.41, 5.74) is 1.21. The van der Waals surface area contributed by atoms with Gasteiger partial charge in [0.1, 0.15) is 0 Å². The van der Waals surface area contributed by atoms with E-state index in [0.717, 1.165) is 8.66 Å². The zero-order valence-electron chi connectivity index (χ0n) is 18.7. The lowest BCUT2D eigenvalue weighted by molar-refractivity contribution is -0.139. The number of halogens is 2. The van der Waals surface area contributed by atoms with Crippen LogP contribution in [-0.4, -0.2) is 31.4 Å². The number of hydrogen-bond donors (Lipinski definition) is 0. The molecule has 3 aromatic rings. The number of esters is 1. The van der Waals surface area contributed by atoms with Crippen LogP contribution in [0.4, 0.5) is 0 Å². The number of thiophene rings is 1. The first kappa shape index (κ1) is 24.9. The molecule has 0 fully saturated rings. The number of allylic oxidation sites excluding steroid dienone is 1. The second-order valence-corrected chi connectivity index (χ2v) is 11.5. The Balaban J connectivity index is 2.02. The highest BCUT2D eigenvalue weighted by atomic mass is 79.9. The van der Waals surface area contributed by atoms with Gasteiger partial charge in [-0.15, -0.1) is 11.3 Å². The Kier molecular flexibility index (Phi) is 7.46. The summed E-state index contributed by atoms with van der Waals surface area (Å²) < 4.78 is 20.0. The standard InChI is InChI=1S/C23H20Br2N2O5S2/c1-5-32-22(29)19-11(2)26-23-27(21(28)17(34-23)8-12-6-7-18(25)33-12)20(19)13-9-15(30-3)16(31-4)10-14(13)24/h6-10,20H,5H2,1-4H3/b17-8+/t20-/m1/s1. The lowest BCUT2D eigenvalue weighted by Crippen LogP contribution is -2.40. The van der Waals surface area contributed by atoms with Gasteiger partial charge in [0, 0.05) is 9.35 Å². The summed E-state index contributed by atoms with van der Waals surface area (Å²) >= 11 is 9.86. The molecule has 0 radical (unpaired) electrons. The van der Waals surface area contributed by atoms with E-state index in [1.165, 1.54) is 29.8 Å². The molecule has 1 aromatic carbocycles. The Morgan fingerprint density at radius 1 is 1.18 bits per heavy atom. The van der Waals surface area contributed by atoms with E-state index in [9.17, 15) is 9.59 Å². The number of benzene rings is 1. The summed E-state index contributed by atoms with van der Waals surface area (Å²) in [6, 6.07) is 6.62. The highest BCUT2D eigenvalue weighted by Gasteiger charge is 2.35. The molecular weight excluding hydrogens is 608 g/mol. The van der Waals surface area contributed by atoms with Crippen molar-refractivity contribution in [3.63, 3.8) is 0 Å². The van der Waals surface area contributed by atoms with E-state index in [-0.39, 0.29) is 12.2 Å². The summed E-state index contributed by atoms with van der Waals surface area (Å²) in [4.78, 5) is 32.8. The lowest BCUT2D eigenvalue weighted by atomic mass is 9.95. The van der Waals surface area contributed by atoms with Gasteiger partial charge in [0.15, 0.2) is 16.3 Å². The number of aromatic nitrogens is 1. The number of ether oxygens (including phenoxy) is 3. The Labute approximate surface area is 220 Å². The third-order valence-electron chi connectivity index (χ3n) is 5.18. The third kappa shape index (κ3) is 4.53. The zero-order chi connectivity index (χ0) is 24.6. The molecule has 1 aliphatic rings. The first-order valence-electron chi connectivity index (χ1n) is 10.2. The number of carbonyl (C=O) groups excluding carboxylic acids is 1. The number of carbonyl (C=O) groups is 1. The predicted octanol–water partition coefficient (Wildman–Crippen LogP) is 4.40. The van der Waals surface area contributed by atoms with Crippen LogP contribution >= 0.6 is 54.5 Å². The van der Waals surface area contributed by atoms with Gasteiger partial charge >= 0.3 is 5.97 Å². The molecule has 178 valence electrons. The maximum Gasteiger partial charge on any atom is 0.338 e. The highest BCUT2D eigenvalue weighted by molar-refractivity contribution is 9.11. The first-order chi connectivity index (χ1) is 16.3. The van der Waals surface area contributed by atoms with E-state index in [1.807, 2.05) is 18.2 Å². The Hall–Kier alpha value is -2.21. The minimum Gasteiger partial charge on any atom is -0.493 e. The molecule has 0 saturated heterocycles. The fraction of sp³-hybridized carbons (Fsp3) is 0.261. The SMILES string of the molecule is CCOC(=O)C1=C(C)N=c2s/c(=C/c3ccc(Br)s3)c(=O)n2[C@@H]1c1cc(OC)c(OC)cc1Br. The number of nitrogens with zero attached hydrogens (tertiary/aromatic N) is 2. The molecule has 2 aromatic heterocycles.